The van der Waals surface area contributed by atoms with Crippen molar-refractivity contribution >= 4 is 17.9 Å². The molecule has 0 aliphatic carbocycles. The molecule has 1 amide bonds. The van der Waals surface area contributed by atoms with E-state index in [1.807, 2.05) is 12.3 Å². The van der Waals surface area contributed by atoms with Crippen LogP contribution in [0, 0.1) is 6.92 Å². The average Bonchev–Trinajstić information content (AvgIpc) is 2.85. The van der Waals surface area contributed by atoms with Gasteiger partial charge in [0.05, 0.1) is 12.3 Å². The van der Waals surface area contributed by atoms with Crippen molar-refractivity contribution in [1.29, 1.82) is 0 Å². The van der Waals surface area contributed by atoms with Crippen LogP contribution < -0.4 is 0 Å². The lowest BCUT2D eigenvalue weighted by Gasteiger charge is -2.19. The Morgan fingerprint density at radius 1 is 1.75 bits per heavy atom. The number of ether oxygens (including phenoxy) is 1. The molecule has 1 aliphatic rings. The number of hydrogen-bond donors (Lipinski definition) is 0. The summed E-state index contributed by atoms with van der Waals surface area (Å²) in [6.45, 7) is 3.97. The first-order valence-electron chi connectivity index (χ1n) is 4.91. The molecule has 6 heteroatoms. The van der Waals surface area contributed by atoms with Gasteiger partial charge in [0, 0.05) is 6.20 Å². The zero-order valence-electron chi connectivity index (χ0n) is 9.04. The fourth-order valence-electron chi connectivity index (χ4n) is 1.34. The van der Waals surface area contributed by atoms with Gasteiger partial charge in [-0.3, -0.25) is 4.90 Å². The Kier molecular flexibility index (Phi) is 3.19. The fraction of sp³-hybridized carbons (Fsp3) is 0.400. The van der Waals surface area contributed by atoms with Crippen LogP contribution >= 0.6 is 11.8 Å². The molecule has 86 valence electrons. The molecule has 1 unspecified atom stereocenters. The zero-order valence-corrected chi connectivity index (χ0v) is 9.86. The maximum atomic E-state index is 11.6. The Balaban J connectivity index is 2.13. The second-order valence-electron chi connectivity index (χ2n) is 3.21. The average molecular weight is 240 g/mol. The monoisotopic (exact) mass is 240 g/mol. The van der Waals surface area contributed by atoms with Crippen LogP contribution in [-0.4, -0.2) is 22.6 Å². The highest BCUT2D eigenvalue weighted by molar-refractivity contribution is 8.02. The molecule has 16 heavy (non-hydrogen) atoms. The predicted octanol–water partition coefficient (Wildman–Crippen LogP) is 2.66. The number of aromatic nitrogens is 1. The van der Waals surface area contributed by atoms with Gasteiger partial charge in [-0.1, -0.05) is 11.8 Å². The second-order valence-corrected chi connectivity index (χ2v) is 4.20. The molecule has 0 radical (unpaired) electrons. The smallest absolute Gasteiger partial charge is 0.415 e. The Morgan fingerprint density at radius 3 is 3.19 bits per heavy atom. The summed E-state index contributed by atoms with van der Waals surface area (Å²) in [5.74, 6) is 0.514. The summed E-state index contributed by atoms with van der Waals surface area (Å²) in [4.78, 5) is 17.3. The van der Waals surface area contributed by atoms with Crippen molar-refractivity contribution in [3.63, 3.8) is 0 Å². The predicted molar refractivity (Wildman–Crippen MR) is 59.6 cm³/mol. The summed E-state index contributed by atoms with van der Waals surface area (Å²) < 4.78 is 10.2. The second kappa shape index (κ2) is 4.61. The molecule has 0 saturated carbocycles. The van der Waals surface area contributed by atoms with E-state index in [4.69, 9.17) is 9.15 Å². The molecule has 2 rings (SSSR count). The maximum Gasteiger partial charge on any atom is 0.415 e. The summed E-state index contributed by atoms with van der Waals surface area (Å²) in [5, 5.41) is 1.56. The lowest BCUT2D eigenvalue weighted by atomic mass is 10.5. The molecule has 1 aromatic rings. The number of thioether (sulfide) groups is 1. The SMILES string of the molecule is CCOC(=O)N1C=CSC1c1nc(C)co1. The van der Waals surface area contributed by atoms with Gasteiger partial charge in [-0.2, -0.15) is 0 Å². The summed E-state index contributed by atoms with van der Waals surface area (Å²) >= 11 is 1.46. The first-order valence-corrected chi connectivity index (χ1v) is 5.86. The molecule has 5 nitrogen and oxygen atoms in total. The molecular formula is C10H12N2O3S. The molecule has 0 fully saturated rings. The molecule has 0 spiro atoms. The highest BCUT2D eigenvalue weighted by Crippen LogP contribution is 2.38. The van der Waals surface area contributed by atoms with Crippen molar-refractivity contribution in [2.24, 2.45) is 0 Å². The van der Waals surface area contributed by atoms with Crippen LogP contribution in [0.25, 0.3) is 0 Å². The lowest BCUT2D eigenvalue weighted by Crippen LogP contribution is -2.27. The van der Waals surface area contributed by atoms with Gasteiger partial charge in [0.2, 0.25) is 5.89 Å². The Morgan fingerprint density at radius 2 is 2.56 bits per heavy atom. The van der Waals surface area contributed by atoms with E-state index in [0.717, 1.165) is 5.69 Å². The molecular weight excluding hydrogens is 228 g/mol. The van der Waals surface area contributed by atoms with Crippen LogP contribution in [0.3, 0.4) is 0 Å². The van der Waals surface area contributed by atoms with Crippen LogP contribution in [0.5, 0.6) is 0 Å². The molecule has 0 N–H and O–H groups in total. The van der Waals surface area contributed by atoms with E-state index in [2.05, 4.69) is 4.98 Å². The Hall–Kier alpha value is -1.43. The van der Waals surface area contributed by atoms with Crippen LogP contribution in [0.2, 0.25) is 0 Å². The van der Waals surface area contributed by atoms with Crippen LogP contribution in [0.1, 0.15) is 23.9 Å². The van der Waals surface area contributed by atoms with Gasteiger partial charge in [-0.15, -0.1) is 0 Å². The fourth-order valence-corrected chi connectivity index (χ4v) is 2.20. The highest BCUT2D eigenvalue weighted by Gasteiger charge is 2.31. The third-order valence-electron chi connectivity index (χ3n) is 2.01. The number of carbonyl (C=O) groups is 1. The van der Waals surface area contributed by atoms with Crippen molar-refractivity contribution in [3.05, 3.63) is 29.5 Å². The van der Waals surface area contributed by atoms with E-state index in [9.17, 15) is 4.79 Å². The minimum Gasteiger partial charge on any atom is -0.449 e. The maximum absolute atomic E-state index is 11.6. The summed E-state index contributed by atoms with van der Waals surface area (Å²) in [5.41, 5.74) is 0.798. The third kappa shape index (κ3) is 2.06. The minimum atomic E-state index is -0.385. The number of carbonyl (C=O) groups excluding carboxylic acids is 1. The van der Waals surface area contributed by atoms with Gasteiger partial charge in [-0.05, 0) is 19.3 Å². The topological polar surface area (TPSA) is 55.6 Å². The minimum absolute atomic E-state index is 0.257. The summed E-state index contributed by atoms with van der Waals surface area (Å²) in [6, 6.07) is 0. The van der Waals surface area contributed by atoms with Gasteiger partial charge < -0.3 is 9.15 Å². The lowest BCUT2D eigenvalue weighted by molar-refractivity contribution is 0.117. The summed E-state index contributed by atoms with van der Waals surface area (Å²) in [7, 11) is 0. The van der Waals surface area contributed by atoms with Gasteiger partial charge in [0.25, 0.3) is 0 Å². The molecule has 1 aliphatic heterocycles. The van der Waals surface area contributed by atoms with E-state index in [-0.39, 0.29) is 11.5 Å². The first-order chi connectivity index (χ1) is 7.72. The standard InChI is InChI=1S/C10H12N2O3S/c1-3-14-10(13)12-4-5-16-9(12)8-11-7(2)6-15-8/h4-6,9H,3H2,1-2H3. The van der Waals surface area contributed by atoms with Crippen LogP contribution in [0.4, 0.5) is 4.79 Å². The number of hydrogen-bond acceptors (Lipinski definition) is 5. The number of amides is 1. The van der Waals surface area contributed by atoms with Gasteiger partial charge in [-0.25, -0.2) is 9.78 Å². The number of oxazole rings is 1. The number of rotatable bonds is 2. The number of nitrogens with zero attached hydrogens (tertiary/aromatic N) is 2. The molecule has 0 saturated heterocycles. The van der Waals surface area contributed by atoms with Crippen molar-refractivity contribution in [2.75, 3.05) is 6.61 Å². The largest absolute Gasteiger partial charge is 0.449 e. The normalized spacial score (nSPS) is 19.1. The molecule has 0 bridgehead atoms. The van der Waals surface area contributed by atoms with Crippen molar-refractivity contribution in [1.82, 2.24) is 9.88 Å². The van der Waals surface area contributed by atoms with Crippen molar-refractivity contribution in [3.8, 4) is 0 Å². The van der Waals surface area contributed by atoms with Crippen LogP contribution in [0.15, 0.2) is 22.3 Å². The van der Waals surface area contributed by atoms with Gasteiger partial charge in [0.15, 0.2) is 5.37 Å². The zero-order chi connectivity index (χ0) is 11.5. The molecule has 0 aromatic carbocycles. The quantitative estimate of drug-likeness (QED) is 0.795. The number of aryl methyl sites for hydroxylation is 1. The van der Waals surface area contributed by atoms with Gasteiger partial charge >= 0.3 is 6.09 Å². The van der Waals surface area contributed by atoms with Crippen LogP contribution in [-0.2, 0) is 4.74 Å². The highest BCUT2D eigenvalue weighted by atomic mass is 32.2. The molecule has 1 aromatic heterocycles. The van der Waals surface area contributed by atoms with E-state index in [1.54, 1.807) is 19.4 Å². The van der Waals surface area contributed by atoms with Crippen molar-refractivity contribution < 1.29 is 13.9 Å². The van der Waals surface area contributed by atoms with E-state index < -0.39 is 0 Å². The van der Waals surface area contributed by atoms with E-state index >= 15 is 0 Å². The van der Waals surface area contributed by atoms with E-state index in [0.29, 0.717) is 12.5 Å². The first kappa shape index (κ1) is 11.1. The molecule has 1 atom stereocenters. The van der Waals surface area contributed by atoms with E-state index in [1.165, 1.54) is 16.7 Å². The molecule has 2 heterocycles. The summed E-state index contributed by atoms with van der Waals surface area (Å²) in [6.07, 6.45) is 2.86. The third-order valence-corrected chi connectivity index (χ3v) is 2.97. The van der Waals surface area contributed by atoms with Gasteiger partial charge in [0.1, 0.15) is 6.26 Å². The Bertz CT molecular complexity index is 416. The Labute approximate surface area is 97.5 Å². The van der Waals surface area contributed by atoms with Crippen molar-refractivity contribution in [2.45, 2.75) is 19.2 Å².